The Labute approximate surface area is 115 Å². The van der Waals surface area contributed by atoms with Crippen LogP contribution in [0.3, 0.4) is 0 Å². The molecule has 2 nitrogen and oxygen atoms in total. The van der Waals surface area contributed by atoms with Gasteiger partial charge in [-0.05, 0) is 42.3 Å². The standard InChI is InChI=1S/C13H14ClFN2S/c1-2-9-4-6-12(18-9)13(17-16)10-7-8(15)3-5-11(10)14/h3-7,13,17H,2,16H2,1H3. The normalized spacial score (nSPS) is 12.7. The van der Waals surface area contributed by atoms with Gasteiger partial charge in [-0.3, -0.25) is 5.84 Å². The molecule has 1 atom stereocenters. The Morgan fingerprint density at radius 3 is 2.78 bits per heavy atom. The average Bonchev–Trinajstić information content (AvgIpc) is 2.83. The number of nitrogens with two attached hydrogens (primary N) is 1. The zero-order valence-corrected chi connectivity index (χ0v) is 11.5. The second kappa shape index (κ2) is 5.80. The number of benzene rings is 1. The molecule has 1 aromatic carbocycles. The summed E-state index contributed by atoms with van der Waals surface area (Å²) in [5.74, 6) is 5.26. The minimum absolute atomic E-state index is 0.279. The first kappa shape index (κ1) is 13.5. The van der Waals surface area contributed by atoms with E-state index in [2.05, 4.69) is 18.4 Å². The highest BCUT2D eigenvalue weighted by Crippen LogP contribution is 2.32. The van der Waals surface area contributed by atoms with Crippen molar-refractivity contribution in [3.63, 3.8) is 0 Å². The van der Waals surface area contributed by atoms with Crippen LogP contribution in [0.4, 0.5) is 4.39 Å². The Morgan fingerprint density at radius 1 is 1.39 bits per heavy atom. The first-order chi connectivity index (χ1) is 8.65. The molecule has 18 heavy (non-hydrogen) atoms. The number of rotatable bonds is 4. The zero-order valence-electron chi connectivity index (χ0n) is 9.91. The number of nitrogens with one attached hydrogen (secondary N) is 1. The highest BCUT2D eigenvalue weighted by atomic mass is 35.5. The number of halogens is 2. The summed E-state index contributed by atoms with van der Waals surface area (Å²) in [4.78, 5) is 2.29. The zero-order chi connectivity index (χ0) is 13.1. The van der Waals surface area contributed by atoms with Crippen molar-refractivity contribution in [3.05, 3.63) is 56.5 Å². The van der Waals surface area contributed by atoms with Crippen LogP contribution in [0.2, 0.25) is 5.02 Å². The predicted octanol–water partition coefficient (Wildman–Crippen LogP) is 3.66. The fraction of sp³-hybridized carbons (Fsp3) is 0.231. The molecule has 3 N–H and O–H groups in total. The molecule has 0 fully saturated rings. The summed E-state index contributed by atoms with van der Waals surface area (Å²) in [5.41, 5.74) is 3.36. The van der Waals surface area contributed by atoms with Crippen LogP contribution in [-0.4, -0.2) is 0 Å². The van der Waals surface area contributed by atoms with Gasteiger partial charge in [-0.2, -0.15) is 0 Å². The van der Waals surface area contributed by atoms with E-state index in [1.807, 2.05) is 6.07 Å². The van der Waals surface area contributed by atoms with Gasteiger partial charge in [-0.15, -0.1) is 11.3 Å². The summed E-state index contributed by atoms with van der Waals surface area (Å²) >= 11 is 7.75. The summed E-state index contributed by atoms with van der Waals surface area (Å²) in [6.07, 6.45) is 0.971. The van der Waals surface area contributed by atoms with Crippen molar-refractivity contribution in [2.45, 2.75) is 19.4 Å². The Morgan fingerprint density at radius 2 is 2.17 bits per heavy atom. The van der Waals surface area contributed by atoms with E-state index >= 15 is 0 Å². The lowest BCUT2D eigenvalue weighted by Gasteiger charge is -2.16. The molecule has 0 aliphatic heterocycles. The Kier molecular flexibility index (Phi) is 4.35. The Bertz CT molecular complexity index is 542. The van der Waals surface area contributed by atoms with Crippen molar-refractivity contribution in [2.24, 2.45) is 5.84 Å². The molecule has 0 radical (unpaired) electrons. The maximum absolute atomic E-state index is 13.3. The van der Waals surface area contributed by atoms with Gasteiger partial charge in [0.15, 0.2) is 0 Å². The molecule has 0 saturated carbocycles. The molecule has 0 aliphatic carbocycles. The van der Waals surface area contributed by atoms with E-state index in [4.69, 9.17) is 17.4 Å². The van der Waals surface area contributed by atoms with E-state index < -0.39 is 0 Å². The van der Waals surface area contributed by atoms with Crippen LogP contribution in [0.15, 0.2) is 30.3 Å². The smallest absolute Gasteiger partial charge is 0.123 e. The molecule has 0 amide bonds. The fourth-order valence-corrected chi connectivity index (χ4v) is 3.06. The molecule has 0 spiro atoms. The quantitative estimate of drug-likeness (QED) is 0.664. The SMILES string of the molecule is CCc1ccc(C(NN)c2cc(F)ccc2Cl)s1. The van der Waals surface area contributed by atoms with Gasteiger partial charge < -0.3 is 0 Å². The third-order valence-electron chi connectivity index (χ3n) is 2.75. The van der Waals surface area contributed by atoms with Gasteiger partial charge in [-0.25, -0.2) is 9.82 Å². The molecule has 5 heteroatoms. The van der Waals surface area contributed by atoms with Crippen LogP contribution < -0.4 is 11.3 Å². The van der Waals surface area contributed by atoms with Gasteiger partial charge in [0, 0.05) is 14.8 Å². The van der Waals surface area contributed by atoms with Crippen molar-refractivity contribution in [3.8, 4) is 0 Å². The highest BCUT2D eigenvalue weighted by Gasteiger charge is 2.18. The van der Waals surface area contributed by atoms with Crippen LogP contribution in [0.1, 0.15) is 28.3 Å². The van der Waals surface area contributed by atoms with Crippen molar-refractivity contribution in [1.29, 1.82) is 0 Å². The van der Waals surface area contributed by atoms with Gasteiger partial charge in [0.2, 0.25) is 0 Å². The van der Waals surface area contributed by atoms with Gasteiger partial charge >= 0.3 is 0 Å². The Balaban J connectivity index is 2.41. The number of hydrogen-bond donors (Lipinski definition) is 2. The third-order valence-corrected chi connectivity index (χ3v) is 4.39. The van der Waals surface area contributed by atoms with Crippen molar-refractivity contribution >= 4 is 22.9 Å². The van der Waals surface area contributed by atoms with Crippen molar-refractivity contribution < 1.29 is 4.39 Å². The minimum Gasteiger partial charge on any atom is -0.271 e. The molecule has 2 aromatic rings. The molecule has 0 bridgehead atoms. The summed E-state index contributed by atoms with van der Waals surface area (Å²) in [6, 6.07) is 8.07. The van der Waals surface area contributed by atoms with E-state index in [0.717, 1.165) is 11.3 Å². The molecular formula is C13H14ClFN2S. The molecule has 1 aromatic heterocycles. The van der Waals surface area contributed by atoms with Crippen molar-refractivity contribution in [2.75, 3.05) is 0 Å². The lowest BCUT2D eigenvalue weighted by atomic mass is 10.1. The largest absolute Gasteiger partial charge is 0.271 e. The third kappa shape index (κ3) is 2.72. The minimum atomic E-state index is -0.318. The summed E-state index contributed by atoms with van der Waals surface area (Å²) in [7, 11) is 0. The van der Waals surface area contributed by atoms with Crippen LogP contribution in [0.5, 0.6) is 0 Å². The fourth-order valence-electron chi connectivity index (χ4n) is 1.80. The van der Waals surface area contributed by atoms with Crippen molar-refractivity contribution in [1.82, 2.24) is 5.43 Å². The number of thiophene rings is 1. The van der Waals surface area contributed by atoms with Crippen LogP contribution in [0, 0.1) is 5.82 Å². The molecule has 96 valence electrons. The molecule has 1 unspecified atom stereocenters. The van der Waals surface area contributed by atoms with Gasteiger partial charge in [0.05, 0.1) is 6.04 Å². The second-order valence-electron chi connectivity index (χ2n) is 3.92. The topological polar surface area (TPSA) is 38.0 Å². The predicted molar refractivity (Wildman–Crippen MR) is 74.3 cm³/mol. The first-order valence-electron chi connectivity index (χ1n) is 5.65. The van der Waals surface area contributed by atoms with Crippen LogP contribution >= 0.6 is 22.9 Å². The first-order valence-corrected chi connectivity index (χ1v) is 6.84. The second-order valence-corrected chi connectivity index (χ2v) is 5.53. The van der Waals surface area contributed by atoms with Crippen LogP contribution in [0.25, 0.3) is 0 Å². The monoisotopic (exact) mass is 284 g/mol. The van der Waals surface area contributed by atoms with Gasteiger partial charge in [0.25, 0.3) is 0 Å². The molecule has 2 rings (SSSR count). The van der Waals surface area contributed by atoms with Crippen LogP contribution in [-0.2, 0) is 6.42 Å². The molecule has 0 saturated heterocycles. The van der Waals surface area contributed by atoms with E-state index in [1.165, 1.54) is 17.0 Å². The lowest BCUT2D eigenvalue weighted by Crippen LogP contribution is -2.28. The molecule has 0 aliphatic rings. The van der Waals surface area contributed by atoms with Gasteiger partial charge in [-0.1, -0.05) is 18.5 Å². The Hall–Kier alpha value is -0.940. The maximum Gasteiger partial charge on any atom is 0.123 e. The van der Waals surface area contributed by atoms with Gasteiger partial charge in [0.1, 0.15) is 5.82 Å². The van der Waals surface area contributed by atoms with E-state index in [9.17, 15) is 4.39 Å². The van der Waals surface area contributed by atoms with E-state index in [-0.39, 0.29) is 11.9 Å². The average molecular weight is 285 g/mol. The number of hydrogen-bond acceptors (Lipinski definition) is 3. The van der Waals surface area contributed by atoms with E-state index in [0.29, 0.717) is 10.6 Å². The molecular weight excluding hydrogens is 271 g/mol. The van der Waals surface area contributed by atoms with E-state index in [1.54, 1.807) is 17.4 Å². The number of hydrazine groups is 1. The lowest BCUT2D eigenvalue weighted by molar-refractivity contribution is 0.609. The molecule has 1 heterocycles. The number of aryl methyl sites for hydroxylation is 1. The summed E-state index contributed by atoms with van der Waals surface area (Å²) in [6.45, 7) is 2.09. The maximum atomic E-state index is 13.3. The summed E-state index contributed by atoms with van der Waals surface area (Å²) in [5, 5.41) is 0.505. The highest BCUT2D eigenvalue weighted by molar-refractivity contribution is 7.12. The summed E-state index contributed by atoms with van der Waals surface area (Å²) < 4.78 is 13.3.